The van der Waals surface area contributed by atoms with Gasteiger partial charge in [0.05, 0.1) is 11.4 Å². The van der Waals surface area contributed by atoms with Gasteiger partial charge in [-0.05, 0) is 29.8 Å². The van der Waals surface area contributed by atoms with E-state index in [1.54, 1.807) is 24.3 Å². The van der Waals surface area contributed by atoms with Crippen LogP contribution < -0.4 is 5.56 Å². The second kappa shape index (κ2) is 7.01. The van der Waals surface area contributed by atoms with Gasteiger partial charge in [-0.1, -0.05) is 47.7 Å². The van der Waals surface area contributed by atoms with E-state index in [4.69, 9.17) is 0 Å². The van der Waals surface area contributed by atoms with Crippen LogP contribution in [0.15, 0.2) is 77.7 Å². The summed E-state index contributed by atoms with van der Waals surface area (Å²) in [5.74, 6) is -0.155. The maximum absolute atomic E-state index is 13.3. The monoisotopic (exact) mass is 385 g/mol. The molecule has 0 fully saturated rings. The molecule has 7 nitrogen and oxygen atoms in total. The van der Waals surface area contributed by atoms with E-state index in [-0.39, 0.29) is 24.1 Å². The third kappa shape index (κ3) is 3.00. The lowest BCUT2D eigenvalue weighted by Crippen LogP contribution is -2.45. The molecular formula is C22H19N5O2. The summed E-state index contributed by atoms with van der Waals surface area (Å²) >= 11 is 0. The molecule has 1 aliphatic heterocycles. The van der Waals surface area contributed by atoms with Gasteiger partial charge in [-0.3, -0.25) is 9.59 Å². The predicted molar refractivity (Wildman–Crippen MR) is 108 cm³/mol. The third-order valence-electron chi connectivity index (χ3n) is 5.39. The van der Waals surface area contributed by atoms with Gasteiger partial charge in [-0.2, -0.15) is 0 Å². The Balaban J connectivity index is 1.50. The number of hydrogen-bond donors (Lipinski definition) is 0. The zero-order valence-electron chi connectivity index (χ0n) is 15.7. The molecule has 29 heavy (non-hydrogen) atoms. The highest BCUT2D eigenvalue weighted by atomic mass is 16.2. The molecule has 2 aromatic heterocycles. The van der Waals surface area contributed by atoms with E-state index in [0.717, 1.165) is 22.5 Å². The highest BCUT2D eigenvalue weighted by Crippen LogP contribution is 2.32. The van der Waals surface area contributed by atoms with Crippen LogP contribution in [0.2, 0.25) is 0 Å². The summed E-state index contributed by atoms with van der Waals surface area (Å²) < 4.78 is 3.32. The first-order valence-corrected chi connectivity index (χ1v) is 9.54. The van der Waals surface area contributed by atoms with Gasteiger partial charge in [0.2, 0.25) is 5.91 Å². The molecule has 0 spiro atoms. The third-order valence-corrected chi connectivity index (χ3v) is 5.39. The van der Waals surface area contributed by atoms with Crippen LogP contribution in [0.4, 0.5) is 0 Å². The maximum Gasteiger partial charge on any atom is 0.278 e. The first-order valence-electron chi connectivity index (χ1n) is 9.54. The summed E-state index contributed by atoms with van der Waals surface area (Å²) in [7, 11) is 0. The van der Waals surface area contributed by atoms with Gasteiger partial charge in [-0.25, -0.2) is 4.68 Å². The average Bonchev–Trinajstić information content (AvgIpc) is 3.24. The minimum atomic E-state index is -0.305. The molecule has 1 amide bonds. The van der Waals surface area contributed by atoms with Gasteiger partial charge in [-0.15, -0.1) is 5.10 Å². The summed E-state index contributed by atoms with van der Waals surface area (Å²) in [5, 5.41) is 8.52. The molecule has 144 valence electrons. The van der Waals surface area contributed by atoms with E-state index >= 15 is 0 Å². The Labute approximate surface area is 166 Å². The van der Waals surface area contributed by atoms with Crippen molar-refractivity contribution in [3.63, 3.8) is 0 Å². The molecule has 0 radical (unpaired) electrons. The summed E-state index contributed by atoms with van der Waals surface area (Å²) in [4.78, 5) is 27.8. The van der Waals surface area contributed by atoms with Crippen LogP contribution in [0.5, 0.6) is 0 Å². The second-order valence-corrected chi connectivity index (χ2v) is 7.10. The SMILES string of the molecule is O=C(Cn1nnc2ccccc2c1=O)N1CCn2cccc2C1c1ccccc1. The fourth-order valence-corrected chi connectivity index (χ4v) is 3.98. The highest BCUT2D eigenvalue weighted by Gasteiger charge is 2.32. The van der Waals surface area contributed by atoms with Crippen molar-refractivity contribution < 1.29 is 4.79 Å². The van der Waals surface area contributed by atoms with Crippen molar-refractivity contribution in [2.24, 2.45) is 0 Å². The maximum atomic E-state index is 13.3. The summed E-state index contributed by atoms with van der Waals surface area (Å²) in [5.41, 5.74) is 2.32. The van der Waals surface area contributed by atoms with Gasteiger partial charge in [0.15, 0.2) is 0 Å². The van der Waals surface area contributed by atoms with E-state index in [9.17, 15) is 9.59 Å². The number of amides is 1. The Bertz CT molecular complexity index is 1240. The first-order chi connectivity index (χ1) is 14.2. The van der Waals surface area contributed by atoms with E-state index in [0.29, 0.717) is 17.4 Å². The van der Waals surface area contributed by atoms with Crippen LogP contribution in [0.1, 0.15) is 17.3 Å². The van der Waals surface area contributed by atoms with Gasteiger partial charge in [0.25, 0.3) is 5.56 Å². The number of hydrogen-bond acceptors (Lipinski definition) is 4. The second-order valence-electron chi connectivity index (χ2n) is 7.10. The molecule has 4 aromatic rings. The van der Waals surface area contributed by atoms with Crippen molar-refractivity contribution >= 4 is 16.8 Å². The van der Waals surface area contributed by atoms with E-state index in [1.165, 1.54) is 0 Å². The minimum Gasteiger partial charge on any atom is -0.348 e. The quantitative estimate of drug-likeness (QED) is 0.542. The lowest BCUT2D eigenvalue weighted by atomic mass is 10.00. The lowest BCUT2D eigenvalue weighted by molar-refractivity contribution is -0.134. The standard InChI is InChI=1S/C22H19N5O2/c28-20(15-27-22(29)17-9-4-5-10-18(17)23-24-27)26-14-13-25-12-6-11-19(25)21(26)16-7-2-1-3-8-16/h1-12,21H,13-15H2. The minimum absolute atomic E-state index is 0.138. The Morgan fingerprint density at radius 3 is 2.62 bits per heavy atom. The normalized spacial score (nSPS) is 16.0. The van der Waals surface area contributed by atoms with Crippen LogP contribution >= 0.6 is 0 Å². The molecular weight excluding hydrogens is 366 g/mol. The molecule has 3 heterocycles. The fourth-order valence-electron chi connectivity index (χ4n) is 3.98. The molecule has 1 atom stereocenters. The van der Waals surface area contributed by atoms with Crippen molar-refractivity contribution in [3.05, 3.63) is 94.5 Å². The molecule has 0 saturated heterocycles. The van der Waals surface area contributed by atoms with Crippen LogP contribution in [-0.2, 0) is 17.9 Å². The van der Waals surface area contributed by atoms with E-state index < -0.39 is 0 Å². The Kier molecular flexibility index (Phi) is 4.20. The summed E-state index contributed by atoms with van der Waals surface area (Å²) in [6.07, 6.45) is 2.03. The van der Waals surface area contributed by atoms with E-state index in [2.05, 4.69) is 14.9 Å². The number of carbonyl (C=O) groups excluding carboxylic acids is 1. The Morgan fingerprint density at radius 1 is 0.966 bits per heavy atom. The summed E-state index contributed by atoms with van der Waals surface area (Å²) in [6.45, 7) is 1.15. The number of carbonyl (C=O) groups is 1. The van der Waals surface area contributed by atoms with Gasteiger partial charge < -0.3 is 9.47 Å². The smallest absolute Gasteiger partial charge is 0.278 e. The van der Waals surface area contributed by atoms with Crippen molar-refractivity contribution in [2.75, 3.05) is 6.54 Å². The average molecular weight is 385 g/mol. The number of fused-ring (bicyclic) bond motifs is 2. The van der Waals surface area contributed by atoms with Crippen LogP contribution in [0.25, 0.3) is 10.9 Å². The van der Waals surface area contributed by atoms with E-state index in [1.807, 2.05) is 53.6 Å². The van der Waals surface area contributed by atoms with Crippen molar-refractivity contribution in [3.8, 4) is 0 Å². The Morgan fingerprint density at radius 2 is 1.76 bits per heavy atom. The topological polar surface area (TPSA) is 73.0 Å². The van der Waals surface area contributed by atoms with Gasteiger partial charge >= 0.3 is 0 Å². The van der Waals surface area contributed by atoms with Crippen LogP contribution in [0, 0.1) is 0 Å². The molecule has 0 saturated carbocycles. The number of rotatable bonds is 3. The van der Waals surface area contributed by atoms with Crippen molar-refractivity contribution in [1.29, 1.82) is 0 Å². The highest BCUT2D eigenvalue weighted by molar-refractivity contribution is 5.79. The van der Waals surface area contributed by atoms with Crippen LogP contribution in [-0.4, -0.2) is 36.9 Å². The van der Waals surface area contributed by atoms with Crippen molar-refractivity contribution in [1.82, 2.24) is 24.5 Å². The Hall–Kier alpha value is -3.74. The molecule has 2 aromatic carbocycles. The van der Waals surface area contributed by atoms with Gasteiger partial charge in [0.1, 0.15) is 12.1 Å². The lowest BCUT2D eigenvalue weighted by Gasteiger charge is -2.37. The first kappa shape index (κ1) is 17.4. The molecule has 1 aliphatic rings. The molecule has 7 heteroatoms. The van der Waals surface area contributed by atoms with Gasteiger partial charge in [0, 0.05) is 25.0 Å². The fraction of sp³-hybridized carbons (Fsp3) is 0.182. The molecule has 0 N–H and O–H groups in total. The number of aromatic nitrogens is 4. The summed E-state index contributed by atoms with van der Waals surface area (Å²) in [6, 6.07) is 20.8. The largest absolute Gasteiger partial charge is 0.348 e. The van der Waals surface area contributed by atoms with Crippen molar-refractivity contribution in [2.45, 2.75) is 19.1 Å². The van der Waals surface area contributed by atoms with Crippen LogP contribution in [0.3, 0.4) is 0 Å². The molecule has 0 bridgehead atoms. The molecule has 1 unspecified atom stereocenters. The predicted octanol–water partition coefficient (Wildman–Crippen LogP) is 2.22. The number of benzene rings is 2. The zero-order chi connectivity index (χ0) is 19.8. The number of nitrogens with zero attached hydrogens (tertiary/aromatic N) is 5. The molecule has 5 rings (SSSR count). The molecule has 0 aliphatic carbocycles. The zero-order valence-corrected chi connectivity index (χ0v) is 15.7.